The smallest absolute Gasteiger partial charge is 0.243 e. The van der Waals surface area contributed by atoms with Gasteiger partial charge in [-0.3, -0.25) is 9.59 Å². The van der Waals surface area contributed by atoms with Gasteiger partial charge in [-0.05, 0) is 73.4 Å². The first-order chi connectivity index (χ1) is 18.9. The Morgan fingerprint density at radius 3 is 2.38 bits per heavy atom. The van der Waals surface area contributed by atoms with Crippen molar-refractivity contribution in [2.45, 2.75) is 62.6 Å². The van der Waals surface area contributed by atoms with Crippen LogP contribution < -0.4 is 20.1 Å². The zero-order valence-corrected chi connectivity index (χ0v) is 24.4. The number of carbonyl (C=O) groups is 3. The molecule has 0 saturated heterocycles. The molecule has 2 heterocycles. The third-order valence-electron chi connectivity index (χ3n) is 6.44. The van der Waals surface area contributed by atoms with Gasteiger partial charge in [0.25, 0.3) is 0 Å². The molecule has 0 unspecified atom stereocenters. The van der Waals surface area contributed by atoms with E-state index in [2.05, 4.69) is 15.4 Å². The Bertz CT molecular complexity index is 1270. The van der Waals surface area contributed by atoms with Gasteiger partial charge in [-0.1, -0.05) is 26.0 Å². The number of carbonyl (C=O) groups excluding carboxylic acids is 3. The second kappa shape index (κ2) is 14.1. The molecule has 0 fully saturated rings. The lowest BCUT2D eigenvalue weighted by Crippen LogP contribution is -2.62. The highest BCUT2D eigenvalue weighted by Crippen LogP contribution is 2.22. The van der Waals surface area contributed by atoms with Crippen LogP contribution >= 0.6 is 11.8 Å². The van der Waals surface area contributed by atoms with E-state index in [0.717, 1.165) is 42.9 Å². The largest absolute Gasteiger partial charge is 0.494 e. The summed E-state index contributed by atoms with van der Waals surface area (Å²) in [5.41, 5.74) is -1.10. The molecule has 0 radical (unpaired) electrons. The van der Waals surface area contributed by atoms with E-state index in [0.29, 0.717) is 30.0 Å². The lowest BCUT2D eigenvalue weighted by atomic mass is 9.91. The van der Waals surface area contributed by atoms with Gasteiger partial charge in [0, 0.05) is 12.2 Å². The predicted molar refractivity (Wildman–Crippen MR) is 152 cm³/mol. The summed E-state index contributed by atoms with van der Waals surface area (Å²) in [6, 6.07) is 9.48. The third kappa shape index (κ3) is 8.77. The monoisotopic (exact) mass is 593 g/mol. The van der Waals surface area contributed by atoms with Crippen LogP contribution in [-0.4, -0.2) is 62.3 Å². The lowest BCUT2D eigenvalue weighted by molar-refractivity contribution is -0.133. The topological polar surface area (TPSA) is 131 Å². The van der Waals surface area contributed by atoms with Gasteiger partial charge in [-0.25, -0.2) is 12.8 Å². The molecule has 2 amide bonds. The third-order valence-corrected chi connectivity index (χ3v) is 9.23. The summed E-state index contributed by atoms with van der Waals surface area (Å²) in [5, 5.41) is 5.40. The van der Waals surface area contributed by atoms with Crippen molar-refractivity contribution in [1.29, 1.82) is 0 Å². The van der Waals surface area contributed by atoms with E-state index >= 15 is 0 Å². The molecule has 0 aromatic heterocycles. The summed E-state index contributed by atoms with van der Waals surface area (Å²) in [5.74, 6) is -0.432. The number of aldehydes is 1. The summed E-state index contributed by atoms with van der Waals surface area (Å²) >= 11 is 1.54. The number of sulfonamides is 1. The van der Waals surface area contributed by atoms with Crippen molar-refractivity contribution < 1.29 is 31.9 Å². The highest BCUT2D eigenvalue weighted by molar-refractivity contribution is 7.99. The summed E-state index contributed by atoms with van der Waals surface area (Å²) in [4.78, 5) is 38.4. The number of benzene rings is 2. The molecule has 2 aromatic carbocycles. The second-order valence-electron chi connectivity index (χ2n) is 10.3. The van der Waals surface area contributed by atoms with Gasteiger partial charge in [0.1, 0.15) is 29.4 Å². The van der Waals surface area contributed by atoms with Crippen LogP contribution in [0.15, 0.2) is 53.4 Å². The first-order valence-electron chi connectivity index (χ1n) is 13.1. The molecule has 2 aromatic rings. The molecule has 2 bridgehead atoms. The van der Waals surface area contributed by atoms with Crippen LogP contribution in [0.4, 0.5) is 4.39 Å². The number of halogens is 1. The van der Waals surface area contributed by atoms with Crippen molar-refractivity contribution in [3.8, 4) is 5.75 Å². The molecule has 3 atom stereocenters. The number of nitrogens with one attached hydrogen (secondary N) is 3. The molecular weight excluding hydrogens is 557 g/mol. The van der Waals surface area contributed by atoms with Crippen molar-refractivity contribution in [1.82, 2.24) is 15.4 Å². The second-order valence-corrected chi connectivity index (χ2v) is 13.1. The molecule has 3 N–H and O–H groups in total. The highest BCUT2D eigenvalue weighted by atomic mass is 32.2. The van der Waals surface area contributed by atoms with Crippen molar-refractivity contribution in [3.05, 3.63) is 59.9 Å². The van der Waals surface area contributed by atoms with Crippen molar-refractivity contribution in [2.75, 3.05) is 18.1 Å². The normalized spacial score (nSPS) is 23.7. The minimum absolute atomic E-state index is 0.0560. The number of thioether (sulfide) groups is 1. The Kier molecular flexibility index (Phi) is 11.1. The zero-order valence-electron chi connectivity index (χ0n) is 22.8. The minimum Gasteiger partial charge on any atom is -0.494 e. The molecule has 4 rings (SSSR count). The average molecular weight is 594 g/mol. The zero-order chi connectivity index (χ0) is 29.3. The standard InChI is InChI=1S/C28H36FN3O6S2/c1-19(2)25-26(34)30-22(17-33)18-39-15-5-4-14-38-23-10-6-20(7-11-23)16-28(3,27(35)31-25)32-40(36,37)24-12-8-21(29)9-13-24/h6-13,17,19,22,25,32H,4-5,14-16,18H2,1-3H3,(H,30,34)(H,31,35)/t22-,25+,28+/m1/s1. The number of hydrogen-bond donors (Lipinski definition) is 3. The SMILES string of the molecule is CC(C)[C@@H]1NC(=O)[C@@](C)(NS(=O)(=O)c2ccc(F)cc2)Cc2ccc(cc2)OCCCCSC[C@@H](C=O)NC1=O. The van der Waals surface area contributed by atoms with Crippen LogP contribution in [0.3, 0.4) is 0 Å². The van der Waals surface area contributed by atoms with Gasteiger partial charge >= 0.3 is 0 Å². The maximum absolute atomic E-state index is 13.8. The number of ether oxygens (including phenoxy) is 1. The first kappa shape index (κ1) is 31.6. The van der Waals surface area contributed by atoms with Gasteiger partial charge in [0.15, 0.2) is 0 Å². The Balaban J connectivity index is 1.97. The molecular formula is C28H36FN3O6S2. The molecule has 9 nitrogen and oxygen atoms in total. The van der Waals surface area contributed by atoms with Crippen molar-refractivity contribution in [2.24, 2.45) is 5.92 Å². The van der Waals surface area contributed by atoms with Crippen LogP contribution in [0, 0.1) is 11.7 Å². The average Bonchev–Trinajstić information content (AvgIpc) is 2.90. The van der Waals surface area contributed by atoms with E-state index in [1.165, 1.54) is 18.7 Å². The Morgan fingerprint density at radius 2 is 1.75 bits per heavy atom. The summed E-state index contributed by atoms with van der Waals surface area (Å²) in [6.07, 6.45) is 2.29. The fourth-order valence-corrected chi connectivity index (χ4v) is 6.53. The van der Waals surface area contributed by atoms with Crippen molar-refractivity contribution in [3.63, 3.8) is 0 Å². The molecule has 12 heteroatoms. The van der Waals surface area contributed by atoms with Crippen LogP contribution in [0.2, 0.25) is 0 Å². The van der Waals surface area contributed by atoms with Gasteiger partial charge in [-0.2, -0.15) is 16.5 Å². The maximum atomic E-state index is 13.8. The molecule has 0 saturated carbocycles. The molecule has 2 aliphatic heterocycles. The summed E-state index contributed by atoms with van der Waals surface area (Å²) in [7, 11) is -4.27. The van der Waals surface area contributed by atoms with E-state index < -0.39 is 45.3 Å². The molecule has 0 aliphatic carbocycles. The van der Waals surface area contributed by atoms with Gasteiger partial charge < -0.3 is 20.2 Å². The fourth-order valence-electron chi connectivity index (χ4n) is 4.17. The van der Waals surface area contributed by atoms with E-state index in [1.807, 2.05) is 0 Å². The van der Waals surface area contributed by atoms with E-state index in [-0.39, 0.29) is 17.2 Å². The Morgan fingerprint density at radius 1 is 1.07 bits per heavy atom. The van der Waals surface area contributed by atoms with Crippen LogP contribution in [0.1, 0.15) is 39.2 Å². The quantitative estimate of drug-likeness (QED) is 0.455. The minimum atomic E-state index is -4.27. The fraction of sp³-hybridized carbons (Fsp3) is 0.464. The number of hydrogen-bond acceptors (Lipinski definition) is 7. The van der Waals surface area contributed by atoms with E-state index in [9.17, 15) is 27.2 Å². The van der Waals surface area contributed by atoms with E-state index in [1.54, 1.807) is 38.1 Å². The lowest BCUT2D eigenvalue weighted by Gasteiger charge is -2.32. The molecule has 40 heavy (non-hydrogen) atoms. The highest BCUT2D eigenvalue weighted by Gasteiger charge is 2.40. The number of amides is 2. The first-order valence-corrected chi connectivity index (χ1v) is 15.7. The summed E-state index contributed by atoms with van der Waals surface area (Å²) < 4.78 is 48.3. The van der Waals surface area contributed by atoms with Crippen LogP contribution in [0.5, 0.6) is 5.75 Å². The maximum Gasteiger partial charge on any atom is 0.243 e. The Labute approximate surface area is 239 Å². The van der Waals surface area contributed by atoms with Gasteiger partial charge in [-0.15, -0.1) is 0 Å². The molecule has 0 spiro atoms. The van der Waals surface area contributed by atoms with Gasteiger partial charge in [0.05, 0.1) is 17.5 Å². The van der Waals surface area contributed by atoms with Crippen LogP contribution in [-0.2, 0) is 30.8 Å². The van der Waals surface area contributed by atoms with Crippen molar-refractivity contribution >= 4 is 39.9 Å². The summed E-state index contributed by atoms with van der Waals surface area (Å²) in [6.45, 7) is 5.41. The van der Waals surface area contributed by atoms with E-state index in [4.69, 9.17) is 4.74 Å². The number of fused-ring (bicyclic) bond motifs is 16. The van der Waals surface area contributed by atoms with Crippen LogP contribution in [0.25, 0.3) is 0 Å². The Hall–Kier alpha value is -2.96. The van der Waals surface area contributed by atoms with Gasteiger partial charge in [0.2, 0.25) is 21.8 Å². The molecule has 2 aliphatic rings. The molecule has 218 valence electrons. The predicted octanol–water partition coefficient (Wildman–Crippen LogP) is 2.84. The number of rotatable bonds is 5.